The molecule has 7 heteroatoms. The molecule has 184 valence electrons. The van der Waals surface area contributed by atoms with Gasteiger partial charge in [0.2, 0.25) is 5.76 Å². The summed E-state index contributed by atoms with van der Waals surface area (Å²) in [5.41, 5.74) is 2.82. The second kappa shape index (κ2) is 10.2. The summed E-state index contributed by atoms with van der Waals surface area (Å²) in [7, 11) is 0. The first-order chi connectivity index (χ1) is 17.5. The van der Waals surface area contributed by atoms with Gasteiger partial charge in [-0.15, -0.1) is 0 Å². The normalized spacial score (nSPS) is 14.9. The highest BCUT2D eigenvalue weighted by molar-refractivity contribution is 6.32. The van der Waals surface area contributed by atoms with Crippen LogP contribution in [0.4, 0.5) is 0 Å². The lowest BCUT2D eigenvalue weighted by Gasteiger charge is -2.25. The molecule has 1 atom stereocenters. The number of carbonyl (C=O) groups is 1. The highest BCUT2D eigenvalue weighted by atomic mass is 35.5. The zero-order chi connectivity index (χ0) is 25.2. The fraction of sp³-hybridized carbons (Fsp3) is 0.276. The number of rotatable bonds is 8. The number of ether oxygens (including phenoxy) is 1. The van der Waals surface area contributed by atoms with Gasteiger partial charge < -0.3 is 14.1 Å². The molecular formula is C29H27ClN2O4. The van der Waals surface area contributed by atoms with Gasteiger partial charge in [0.05, 0.1) is 23.6 Å². The van der Waals surface area contributed by atoms with Crippen molar-refractivity contribution < 1.29 is 13.9 Å². The van der Waals surface area contributed by atoms with Gasteiger partial charge in [-0.3, -0.25) is 14.6 Å². The Morgan fingerprint density at radius 1 is 1.11 bits per heavy atom. The molecule has 0 spiro atoms. The van der Waals surface area contributed by atoms with Crippen molar-refractivity contribution in [3.05, 3.63) is 104 Å². The molecule has 0 fully saturated rings. The van der Waals surface area contributed by atoms with Crippen LogP contribution < -0.4 is 10.2 Å². The molecule has 0 radical (unpaired) electrons. The van der Waals surface area contributed by atoms with E-state index < -0.39 is 6.04 Å². The Kier molecular flexibility index (Phi) is 6.79. The molecule has 1 aliphatic heterocycles. The molecule has 0 N–H and O–H groups in total. The van der Waals surface area contributed by atoms with Gasteiger partial charge in [0.15, 0.2) is 5.43 Å². The van der Waals surface area contributed by atoms with Crippen molar-refractivity contribution in [3.8, 4) is 5.75 Å². The monoisotopic (exact) mass is 502 g/mol. The number of benzene rings is 2. The van der Waals surface area contributed by atoms with Gasteiger partial charge in [0.1, 0.15) is 11.3 Å². The summed E-state index contributed by atoms with van der Waals surface area (Å²) in [6, 6.07) is 14.0. The lowest BCUT2D eigenvalue weighted by atomic mass is 9.98. The number of aromatic nitrogens is 1. The average Bonchev–Trinajstić information content (AvgIpc) is 3.15. The molecule has 4 aromatic rings. The van der Waals surface area contributed by atoms with Gasteiger partial charge >= 0.3 is 0 Å². The summed E-state index contributed by atoms with van der Waals surface area (Å²) in [4.78, 5) is 33.3. The number of halogens is 1. The summed E-state index contributed by atoms with van der Waals surface area (Å²) < 4.78 is 12.1. The number of carbonyl (C=O) groups excluding carboxylic acids is 1. The van der Waals surface area contributed by atoms with E-state index >= 15 is 0 Å². The number of unbranched alkanes of at least 4 members (excludes halogenated alkanes) is 2. The van der Waals surface area contributed by atoms with Crippen LogP contribution in [0, 0.1) is 6.92 Å². The second-order valence-electron chi connectivity index (χ2n) is 9.10. The van der Waals surface area contributed by atoms with Crippen LogP contribution in [0.25, 0.3) is 11.0 Å². The molecule has 2 aromatic heterocycles. The smallest absolute Gasteiger partial charge is 0.291 e. The third kappa shape index (κ3) is 4.49. The van der Waals surface area contributed by atoms with E-state index in [1.807, 2.05) is 43.3 Å². The van der Waals surface area contributed by atoms with Crippen molar-refractivity contribution in [1.82, 2.24) is 9.88 Å². The zero-order valence-electron chi connectivity index (χ0n) is 20.3. The molecule has 2 aromatic carbocycles. The Balaban J connectivity index is 1.63. The van der Waals surface area contributed by atoms with E-state index in [-0.39, 0.29) is 23.6 Å². The average molecular weight is 503 g/mol. The van der Waals surface area contributed by atoms with Crippen LogP contribution in [0.3, 0.4) is 0 Å². The Morgan fingerprint density at radius 3 is 2.75 bits per heavy atom. The Labute approximate surface area is 214 Å². The fourth-order valence-electron chi connectivity index (χ4n) is 4.66. The molecule has 1 aliphatic rings. The standard InChI is InChI=1S/C29H27ClN2O4/c1-3-4-5-12-35-21-10-6-9-20(14-21)26-25-27(33)22-15-23(30)18(2)13-24(22)36-28(25)29(34)32(26)17-19-8-7-11-31-16-19/h6-11,13-16,26H,3-5,12,17H2,1-2H3. The fourth-order valence-corrected chi connectivity index (χ4v) is 4.82. The minimum absolute atomic E-state index is 0.0670. The van der Waals surface area contributed by atoms with Gasteiger partial charge in [0.25, 0.3) is 5.91 Å². The van der Waals surface area contributed by atoms with Crippen LogP contribution >= 0.6 is 11.6 Å². The van der Waals surface area contributed by atoms with Crippen LogP contribution in [-0.4, -0.2) is 22.4 Å². The molecule has 0 bridgehead atoms. The lowest BCUT2D eigenvalue weighted by molar-refractivity contribution is 0.0714. The summed E-state index contributed by atoms with van der Waals surface area (Å²) in [6.45, 7) is 4.87. The van der Waals surface area contributed by atoms with Gasteiger partial charge in [-0.05, 0) is 60.4 Å². The first-order valence-electron chi connectivity index (χ1n) is 12.2. The van der Waals surface area contributed by atoms with E-state index in [4.69, 9.17) is 20.8 Å². The van der Waals surface area contributed by atoms with Crippen LogP contribution in [0.2, 0.25) is 5.02 Å². The van der Waals surface area contributed by atoms with Crippen molar-refractivity contribution in [2.24, 2.45) is 0 Å². The maximum atomic E-state index is 13.8. The van der Waals surface area contributed by atoms with Gasteiger partial charge in [0, 0.05) is 24.0 Å². The largest absolute Gasteiger partial charge is 0.494 e. The first kappa shape index (κ1) is 24.1. The van der Waals surface area contributed by atoms with E-state index in [0.29, 0.717) is 33.9 Å². The van der Waals surface area contributed by atoms with Gasteiger partial charge in [-0.2, -0.15) is 0 Å². The topological polar surface area (TPSA) is 72.6 Å². The van der Waals surface area contributed by atoms with Crippen LogP contribution in [0.15, 0.2) is 70.1 Å². The number of nitrogens with zero attached hydrogens (tertiary/aromatic N) is 2. The molecule has 1 amide bonds. The molecule has 6 nitrogen and oxygen atoms in total. The van der Waals surface area contributed by atoms with Crippen LogP contribution in [0.1, 0.15) is 65.0 Å². The molecule has 3 heterocycles. The number of aryl methyl sites for hydroxylation is 1. The predicted octanol–water partition coefficient (Wildman–Crippen LogP) is 6.46. The SMILES string of the molecule is CCCCCOc1cccc(C2c3c(oc4cc(C)c(Cl)cc4c3=O)C(=O)N2Cc2cccnc2)c1. The Morgan fingerprint density at radius 2 is 1.97 bits per heavy atom. The van der Waals surface area contributed by atoms with Crippen molar-refractivity contribution >= 4 is 28.5 Å². The molecular weight excluding hydrogens is 476 g/mol. The number of amides is 1. The van der Waals surface area contributed by atoms with E-state index in [9.17, 15) is 9.59 Å². The number of pyridine rings is 1. The van der Waals surface area contributed by atoms with Crippen molar-refractivity contribution in [1.29, 1.82) is 0 Å². The second-order valence-corrected chi connectivity index (χ2v) is 9.50. The lowest BCUT2D eigenvalue weighted by Crippen LogP contribution is -2.29. The first-order valence-corrected chi connectivity index (χ1v) is 12.5. The minimum atomic E-state index is -0.632. The van der Waals surface area contributed by atoms with Crippen LogP contribution in [0.5, 0.6) is 5.75 Å². The quantitative estimate of drug-likeness (QED) is 0.258. The zero-order valence-corrected chi connectivity index (χ0v) is 21.0. The van der Waals surface area contributed by atoms with Crippen molar-refractivity contribution in [2.75, 3.05) is 6.61 Å². The minimum Gasteiger partial charge on any atom is -0.494 e. The molecule has 36 heavy (non-hydrogen) atoms. The summed E-state index contributed by atoms with van der Waals surface area (Å²) in [5, 5.41) is 0.836. The third-order valence-electron chi connectivity index (χ3n) is 6.51. The predicted molar refractivity (Wildman–Crippen MR) is 140 cm³/mol. The molecule has 1 unspecified atom stereocenters. The van der Waals surface area contributed by atoms with E-state index in [0.717, 1.165) is 36.0 Å². The number of hydrogen-bond donors (Lipinski definition) is 0. The summed E-state index contributed by atoms with van der Waals surface area (Å²) >= 11 is 6.34. The van der Waals surface area contributed by atoms with Gasteiger partial charge in [-0.1, -0.05) is 49.6 Å². The van der Waals surface area contributed by atoms with Gasteiger partial charge in [-0.25, -0.2) is 0 Å². The van der Waals surface area contributed by atoms with Crippen molar-refractivity contribution in [3.63, 3.8) is 0 Å². The molecule has 0 saturated carbocycles. The number of hydrogen-bond acceptors (Lipinski definition) is 5. The van der Waals surface area contributed by atoms with Crippen molar-refractivity contribution in [2.45, 2.75) is 45.7 Å². The maximum Gasteiger partial charge on any atom is 0.291 e. The molecule has 0 aliphatic carbocycles. The van der Waals surface area contributed by atoms with E-state index in [1.54, 1.807) is 29.4 Å². The molecule has 5 rings (SSSR count). The Hall–Kier alpha value is -3.64. The summed E-state index contributed by atoms with van der Waals surface area (Å²) in [6.07, 6.45) is 6.58. The van der Waals surface area contributed by atoms with Crippen LogP contribution in [-0.2, 0) is 6.54 Å². The Bertz CT molecular complexity index is 1480. The van der Waals surface area contributed by atoms with E-state index in [2.05, 4.69) is 11.9 Å². The van der Waals surface area contributed by atoms with E-state index in [1.165, 1.54) is 0 Å². The molecule has 0 saturated heterocycles. The summed E-state index contributed by atoms with van der Waals surface area (Å²) in [5.74, 6) is 0.437. The maximum absolute atomic E-state index is 13.8. The highest BCUT2D eigenvalue weighted by Crippen LogP contribution is 2.40. The number of fused-ring (bicyclic) bond motifs is 2. The third-order valence-corrected chi connectivity index (χ3v) is 6.92. The highest BCUT2D eigenvalue weighted by Gasteiger charge is 2.43.